The zero-order valence-corrected chi connectivity index (χ0v) is 7.09. The smallest absolute Gasteiger partial charge is 0.0114 e. The summed E-state index contributed by atoms with van der Waals surface area (Å²) < 4.78 is 1.99. The molecule has 60 valence electrons. The van der Waals surface area contributed by atoms with Crippen LogP contribution >= 0.6 is 0 Å². The van der Waals surface area contributed by atoms with Gasteiger partial charge in [-0.1, -0.05) is 19.9 Å². The highest BCUT2D eigenvalue weighted by Crippen LogP contribution is 2.05. The van der Waals surface area contributed by atoms with E-state index in [9.17, 15) is 0 Å². The number of unbranched alkanes of at least 4 members (excludes halogenated alkanes) is 1. The Morgan fingerprint density at radius 2 is 2.45 bits per heavy atom. The van der Waals surface area contributed by atoms with Crippen molar-refractivity contribution < 1.29 is 0 Å². The minimum Gasteiger partial charge on any atom is -0.331 e. The minimum absolute atomic E-state index is 1.19. The molecule has 11 heavy (non-hydrogen) atoms. The van der Waals surface area contributed by atoms with E-state index in [0.29, 0.717) is 0 Å². The van der Waals surface area contributed by atoms with Crippen molar-refractivity contribution in [2.45, 2.75) is 26.2 Å². The first-order chi connectivity index (χ1) is 5.36. The third-order valence-corrected chi connectivity index (χ3v) is 1.81. The Morgan fingerprint density at radius 1 is 1.64 bits per heavy atom. The van der Waals surface area contributed by atoms with E-state index in [1.165, 1.54) is 24.8 Å². The lowest BCUT2D eigenvalue weighted by Gasteiger charge is -1.92. The molecule has 0 amide bonds. The Kier molecular flexibility index (Phi) is 2.96. The molecule has 0 fully saturated rings. The van der Waals surface area contributed by atoms with Crippen molar-refractivity contribution in [3.05, 3.63) is 30.6 Å². The van der Waals surface area contributed by atoms with E-state index in [2.05, 4.69) is 25.8 Å². The molecular weight excluding hydrogens is 134 g/mol. The summed E-state index contributed by atoms with van der Waals surface area (Å²) in [6, 6.07) is 2.15. The first-order valence-electron chi connectivity index (χ1n) is 4.15. The molecule has 0 N–H and O–H groups in total. The van der Waals surface area contributed by atoms with Crippen molar-refractivity contribution in [1.82, 2.24) is 4.57 Å². The van der Waals surface area contributed by atoms with Crippen molar-refractivity contribution in [2.75, 3.05) is 0 Å². The molecule has 0 atom stereocenters. The number of hydrogen-bond donors (Lipinski definition) is 0. The average Bonchev–Trinajstić information content (AvgIpc) is 2.48. The van der Waals surface area contributed by atoms with Crippen molar-refractivity contribution in [3.63, 3.8) is 0 Å². The third-order valence-electron chi connectivity index (χ3n) is 1.81. The monoisotopic (exact) mass is 149 g/mol. The number of aromatic nitrogens is 1. The van der Waals surface area contributed by atoms with Crippen LogP contribution in [-0.2, 0) is 6.42 Å². The Labute approximate surface area is 68.4 Å². The summed E-state index contributed by atoms with van der Waals surface area (Å²) in [5.41, 5.74) is 1.41. The van der Waals surface area contributed by atoms with Crippen molar-refractivity contribution in [1.29, 1.82) is 0 Å². The van der Waals surface area contributed by atoms with Gasteiger partial charge in [0.2, 0.25) is 0 Å². The van der Waals surface area contributed by atoms with Crippen molar-refractivity contribution >= 4 is 6.20 Å². The van der Waals surface area contributed by atoms with E-state index in [1.54, 1.807) is 0 Å². The van der Waals surface area contributed by atoms with Crippen molar-refractivity contribution in [3.8, 4) is 0 Å². The summed E-state index contributed by atoms with van der Waals surface area (Å²) in [7, 11) is 0. The van der Waals surface area contributed by atoms with Crippen LogP contribution in [0.2, 0.25) is 0 Å². The Hall–Kier alpha value is -0.980. The summed E-state index contributed by atoms with van der Waals surface area (Å²) in [5, 5.41) is 0. The molecule has 0 unspecified atom stereocenters. The zero-order chi connectivity index (χ0) is 8.10. The summed E-state index contributed by atoms with van der Waals surface area (Å²) >= 11 is 0. The van der Waals surface area contributed by atoms with Crippen LogP contribution in [0.15, 0.2) is 25.0 Å². The van der Waals surface area contributed by atoms with E-state index < -0.39 is 0 Å². The van der Waals surface area contributed by atoms with Crippen LogP contribution < -0.4 is 0 Å². The van der Waals surface area contributed by atoms with E-state index in [1.807, 2.05) is 17.0 Å². The molecule has 1 heterocycles. The van der Waals surface area contributed by atoms with Gasteiger partial charge in [0.15, 0.2) is 0 Å². The summed E-state index contributed by atoms with van der Waals surface area (Å²) in [4.78, 5) is 0. The highest BCUT2D eigenvalue weighted by molar-refractivity contribution is 5.23. The number of rotatable bonds is 4. The normalized spacial score (nSPS) is 9.91. The van der Waals surface area contributed by atoms with Gasteiger partial charge in [-0.05, 0) is 24.5 Å². The fourth-order valence-electron chi connectivity index (χ4n) is 1.10. The molecule has 1 nitrogen and oxygen atoms in total. The molecule has 0 saturated carbocycles. The summed E-state index contributed by atoms with van der Waals surface area (Å²) in [6.07, 6.45) is 9.72. The molecule has 0 bridgehead atoms. The van der Waals surface area contributed by atoms with Crippen LogP contribution in [0, 0.1) is 0 Å². The Morgan fingerprint density at radius 3 is 3.00 bits per heavy atom. The van der Waals surface area contributed by atoms with Gasteiger partial charge in [0.05, 0.1) is 0 Å². The zero-order valence-electron chi connectivity index (χ0n) is 7.09. The maximum atomic E-state index is 3.69. The van der Waals surface area contributed by atoms with E-state index >= 15 is 0 Å². The quantitative estimate of drug-likeness (QED) is 0.620. The van der Waals surface area contributed by atoms with Crippen LogP contribution in [-0.4, -0.2) is 4.57 Å². The molecule has 1 aromatic rings. The molecule has 0 aliphatic carbocycles. The van der Waals surface area contributed by atoms with Gasteiger partial charge in [0, 0.05) is 18.6 Å². The molecular formula is C10H15N. The van der Waals surface area contributed by atoms with E-state index in [4.69, 9.17) is 0 Å². The molecule has 1 rings (SSSR count). The fourth-order valence-corrected chi connectivity index (χ4v) is 1.10. The van der Waals surface area contributed by atoms with Gasteiger partial charge in [0.1, 0.15) is 0 Å². The third kappa shape index (κ3) is 2.26. The predicted octanol–water partition coefficient (Wildman–Crippen LogP) is 2.93. The average molecular weight is 149 g/mol. The first kappa shape index (κ1) is 8.12. The molecule has 0 saturated heterocycles. The van der Waals surface area contributed by atoms with Crippen LogP contribution in [0.3, 0.4) is 0 Å². The number of aryl methyl sites for hydroxylation is 1. The Bertz CT molecular complexity index is 223. The van der Waals surface area contributed by atoms with Gasteiger partial charge in [0.25, 0.3) is 0 Å². The van der Waals surface area contributed by atoms with Gasteiger partial charge >= 0.3 is 0 Å². The van der Waals surface area contributed by atoms with E-state index in [-0.39, 0.29) is 0 Å². The molecule has 0 spiro atoms. The first-order valence-corrected chi connectivity index (χ1v) is 4.15. The van der Waals surface area contributed by atoms with Crippen LogP contribution in [0.5, 0.6) is 0 Å². The molecule has 0 radical (unpaired) electrons. The lowest BCUT2D eigenvalue weighted by atomic mass is 10.2. The number of hydrogen-bond acceptors (Lipinski definition) is 0. The van der Waals surface area contributed by atoms with Gasteiger partial charge < -0.3 is 4.57 Å². The second kappa shape index (κ2) is 4.02. The lowest BCUT2D eigenvalue weighted by molar-refractivity contribution is 0.795. The highest BCUT2D eigenvalue weighted by atomic mass is 14.9. The molecule has 1 aromatic heterocycles. The van der Waals surface area contributed by atoms with Gasteiger partial charge in [-0.15, -0.1) is 0 Å². The Balaban J connectivity index is 2.51. The largest absolute Gasteiger partial charge is 0.331 e. The minimum atomic E-state index is 1.19. The molecule has 0 aliphatic heterocycles. The summed E-state index contributed by atoms with van der Waals surface area (Å²) in [5.74, 6) is 0. The van der Waals surface area contributed by atoms with Crippen molar-refractivity contribution in [2.24, 2.45) is 0 Å². The van der Waals surface area contributed by atoms with Gasteiger partial charge in [-0.25, -0.2) is 0 Å². The van der Waals surface area contributed by atoms with Gasteiger partial charge in [-0.2, -0.15) is 0 Å². The molecule has 1 heteroatoms. The fraction of sp³-hybridized carbons (Fsp3) is 0.400. The number of nitrogens with zero attached hydrogens (tertiary/aromatic N) is 1. The molecule has 0 aliphatic rings. The topological polar surface area (TPSA) is 4.93 Å². The van der Waals surface area contributed by atoms with Crippen LogP contribution in [0.25, 0.3) is 6.20 Å². The maximum Gasteiger partial charge on any atom is 0.0114 e. The second-order valence-electron chi connectivity index (χ2n) is 2.75. The summed E-state index contributed by atoms with van der Waals surface area (Å²) in [6.45, 7) is 5.90. The van der Waals surface area contributed by atoms with E-state index in [0.717, 1.165) is 0 Å². The SMILES string of the molecule is C=Cn1ccc(CCCC)c1. The van der Waals surface area contributed by atoms with Crippen LogP contribution in [0.1, 0.15) is 25.3 Å². The maximum absolute atomic E-state index is 3.69. The molecule has 0 aromatic carbocycles. The lowest BCUT2D eigenvalue weighted by Crippen LogP contribution is -1.81. The van der Waals surface area contributed by atoms with Crippen LogP contribution in [0.4, 0.5) is 0 Å². The predicted molar refractivity (Wildman–Crippen MR) is 49.4 cm³/mol. The standard InChI is InChI=1S/C10H15N/c1-3-5-6-10-7-8-11(4-2)9-10/h4,7-9H,2-3,5-6H2,1H3. The van der Waals surface area contributed by atoms with Gasteiger partial charge in [-0.3, -0.25) is 0 Å². The second-order valence-corrected chi connectivity index (χ2v) is 2.75. The highest BCUT2D eigenvalue weighted by Gasteiger charge is 1.92.